The Morgan fingerprint density at radius 3 is 2.33 bits per heavy atom. The maximum absolute atomic E-state index is 12.0. The minimum atomic E-state index is -2.72. The van der Waals surface area contributed by atoms with E-state index in [0.717, 1.165) is 0 Å². The van der Waals surface area contributed by atoms with E-state index in [-0.39, 0.29) is 6.42 Å². The van der Waals surface area contributed by atoms with Crippen molar-refractivity contribution in [2.45, 2.75) is 12.3 Å². The predicted molar refractivity (Wildman–Crippen MR) is 27.1 cm³/mol. The van der Waals surface area contributed by atoms with E-state index in [0.29, 0.717) is 0 Å². The Hall–Kier alpha value is -0.670. The van der Waals surface area contributed by atoms with E-state index < -0.39 is 17.7 Å². The van der Waals surface area contributed by atoms with Crippen LogP contribution < -0.4 is 5.32 Å². The molecule has 1 aliphatic carbocycles. The summed E-state index contributed by atoms with van der Waals surface area (Å²) < 4.78 is 23.9. The van der Waals surface area contributed by atoms with Crippen LogP contribution >= 0.6 is 0 Å². The summed E-state index contributed by atoms with van der Waals surface area (Å²) in [5, 5.41) is 2.16. The van der Waals surface area contributed by atoms with Crippen molar-refractivity contribution in [2.24, 2.45) is 5.92 Å². The van der Waals surface area contributed by atoms with Gasteiger partial charge in [0.25, 0.3) is 5.92 Å². The highest BCUT2D eigenvalue weighted by molar-refractivity contribution is 5.82. The molecule has 1 saturated carbocycles. The highest BCUT2D eigenvalue weighted by Crippen LogP contribution is 2.48. The Morgan fingerprint density at radius 1 is 1.78 bits per heavy atom. The highest BCUT2D eigenvalue weighted by atomic mass is 19.3. The van der Waals surface area contributed by atoms with Crippen molar-refractivity contribution in [3.63, 3.8) is 0 Å². The summed E-state index contributed by atoms with van der Waals surface area (Å²) in [6, 6.07) is 0. The predicted octanol–water partition coefficient (Wildman–Crippen LogP) is 0.388. The molecule has 0 aromatic carbocycles. The summed E-state index contributed by atoms with van der Waals surface area (Å²) in [5.74, 6) is -4.33. The van der Waals surface area contributed by atoms with Crippen LogP contribution in [0, 0.1) is 5.92 Å². The van der Waals surface area contributed by atoms with Crippen LogP contribution in [0.1, 0.15) is 6.42 Å². The van der Waals surface area contributed by atoms with Crippen molar-refractivity contribution in [1.82, 2.24) is 5.32 Å². The van der Waals surface area contributed by atoms with E-state index in [1.165, 1.54) is 7.05 Å². The van der Waals surface area contributed by atoms with Crippen LogP contribution in [-0.2, 0) is 4.79 Å². The zero-order chi connectivity index (χ0) is 7.07. The van der Waals surface area contributed by atoms with Crippen molar-refractivity contribution in [3.8, 4) is 0 Å². The second kappa shape index (κ2) is 1.65. The van der Waals surface area contributed by atoms with Gasteiger partial charge in [-0.3, -0.25) is 4.79 Å². The van der Waals surface area contributed by atoms with Crippen LogP contribution in [0.15, 0.2) is 0 Å². The van der Waals surface area contributed by atoms with Crippen LogP contribution in [0.2, 0.25) is 0 Å². The SMILES string of the molecule is CNC(=O)[C@@H]1CC1(F)F. The molecule has 0 aliphatic heterocycles. The third-order valence-corrected chi connectivity index (χ3v) is 1.39. The average molecular weight is 135 g/mol. The highest BCUT2D eigenvalue weighted by Gasteiger charge is 2.60. The number of hydrogen-bond donors (Lipinski definition) is 1. The molecule has 9 heavy (non-hydrogen) atoms. The first kappa shape index (κ1) is 6.45. The molecule has 0 unspecified atom stereocenters. The molecule has 0 radical (unpaired) electrons. The first-order chi connectivity index (χ1) is 4.08. The summed E-state index contributed by atoms with van der Waals surface area (Å²) in [5.41, 5.74) is 0. The van der Waals surface area contributed by atoms with Gasteiger partial charge in [0.2, 0.25) is 5.91 Å². The molecule has 0 saturated heterocycles. The molecule has 0 bridgehead atoms. The normalized spacial score (nSPS) is 29.4. The number of amides is 1. The van der Waals surface area contributed by atoms with Crippen LogP contribution in [0.4, 0.5) is 8.78 Å². The van der Waals surface area contributed by atoms with Gasteiger partial charge >= 0.3 is 0 Å². The third-order valence-electron chi connectivity index (χ3n) is 1.39. The molecular formula is C5H7F2NO. The lowest BCUT2D eigenvalue weighted by atomic mass is 10.4. The van der Waals surface area contributed by atoms with Crippen LogP contribution in [0.3, 0.4) is 0 Å². The van der Waals surface area contributed by atoms with Crippen molar-refractivity contribution in [3.05, 3.63) is 0 Å². The summed E-state index contributed by atoms with van der Waals surface area (Å²) >= 11 is 0. The van der Waals surface area contributed by atoms with Crippen molar-refractivity contribution in [1.29, 1.82) is 0 Å². The number of hydrogen-bond acceptors (Lipinski definition) is 1. The molecule has 2 nitrogen and oxygen atoms in total. The maximum Gasteiger partial charge on any atom is 0.260 e. The van der Waals surface area contributed by atoms with Gasteiger partial charge in [-0.05, 0) is 0 Å². The molecule has 1 amide bonds. The van der Waals surface area contributed by atoms with E-state index in [4.69, 9.17) is 0 Å². The number of carbonyl (C=O) groups is 1. The summed E-state index contributed by atoms with van der Waals surface area (Å²) in [6.07, 6.45) is -0.285. The number of alkyl halides is 2. The third kappa shape index (κ3) is 1.01. The number of rotatable bonds is 1. The smallest absolute Gasteiger partial charge is 0.260 e. The molecule has 1 aliphatic rings. The minimum Gasteiger partial charge on any atom is -0.359 e. The molecule has 52 valence electrons. The lowest BCUT2D eigenvalue weighted by Gasteiger charge is -1.94. The first-order valence-corrected chi connectivity index (χ1v) is 2.67. The second-order valence-electron chi connectivity index (χ2n) is 2.13. The van der Waals surface area contributed by atoms with Crippen molar-refractivity contribution in [2.75, 3.05) is 7.05 Å². The van der Waals surface area contributed by atoms with Gasteiger partial charge in [-0.15, -0.1) is 0 Å². The van der Waals surface area contributed by atoms with Gasteiger partial charge in [0.15, 0.2) is 0 Å². The van der Waals surface area contributed by atoms with Crippen molar-refractivity contribution >= 4 is 5.91 Å². The van der Waals surface area contributed by atoms with Crippen molar-refractivity contribution < 1.29 is 13.6 Å². The molecule has 1 N–H and O–H groups in total. The Morgan fingerprint density at radius 2 is 2.22 bits per heavy atom. The van der Waals surface area contributed by atoms with Crippen LogP contribution in [0.25, 0.3) is 0 Å². The zero-order valence-corrected chi connectivity index (χ0v) is 4.95. The molecule has 0 spiro atoms. The largest absolute Gasteiger partial charge is 0.359 e. The second-order valence-corrected chi connectivity index (χ2v) is 2.13. The Balaban J connectivity index is 2.42. The van der Waals surface area contributed by atoms with E-state index in [1.54, 1.807) is 0 Å². The van der Waals surface area contributed by atoms with E-state index in [9.17, 15) is 13.6 Å². The van der Waals surface area contributed by atoms with Crippen LogP contribution in [-0.4, -0.2) is 18.9 Å². The average Bonchev–Trinajstić information content (AvgIpc) is 2.38. The summed E-state index contributed by atoms with van der Waals surface area (Å²) in [6.45, 7) is 0. The molecule has 1 rings (SSSR count). The van der Waals surface area contributed by atoms with Gasteiger partial charge < -0.3 is 5.32 Å². The van der Waals surface area contributed by atoms with Gasteiger partial charge in [-0.1, -0.05) is 0 Å². The number of nitrogens with one attached hydrogen (secondary N) is 1. The zero-order valence-electron chi connectivity index (χ0n) is 4.95. The number of carbonyl (C=O) groups excluding carboxylic acids is 1. The molecule has 4 heteroatoms. The lowest BCUT2D eigenvalue weighted by molar-refractivity contribution is -0.123. The van der Waals surface area contributed by atoms with Gasteiger partial charge in [-0.25, -0.2) is 8.78 Å². The Labute approximate surface area is 51.2 Å². The maximum atomic E-state index is 12.0. The molecule has 0 aromatic heterocycles. The first-order valence-electron chi connectivity index (χ1n) is 2.67. The molecular weight excluding hydrogens is 128 g/mol. The molecule has 1 fully saturated rings. The van der Waals surface area contributed by atoms with E-state index in [1.807, 2.05) is 0 Å². The molecule has 0 heterocycles. The van der Waals surface area contributed by atoms with Gasteiger partial charge in [0.1, 0.15) is 5.92 Å². The van der Waals surface area contributed by atoms with Crippen LogP contribution in [0.5, 0.6) is 0 Å². The number of halogens is 2. The summed E-state index contributed by atoms with van der Waals surface area (Å²) in [4.78, 5) is 10.4. The van der Waals surface area contributed by atoms with E-state index >= 15 is 0 Å². The van der Waals surface area contributed by atoms with Gasteiger partial charge in [0.05, 0.1) is 0 Å². The fourth-order valence-corrected chi connectivity index (χ4v) is 0.672. The lowest BCUT2D eigenvalue weighted by Crippen LogP contribution is -2.22. The monoisotopic (exact) mass is 135 g/mol. The molecule has 1 atom stereocenters. The fraction of sp³-hybridized carbons (Fsp3) is 0.800. The Kier molecular flexibility index (Phi) is 1.18. The standard InChI is InChI=1S/C5H7F2NO/c1-8-4(9)3-2-5(3,6)7/h3H,2H2,1H3,(H,8,9)/t3-/m0/s1. The topological polar surface area (TPSA) is 29.1 Å². The van der Waals surface area contributed by atoms with E-state index in [2.05, 4.69) is 5.32 Å². The fourth-order valence-electron chi connectivity index (χ4n) is 0.672. The minimum absolute atomic E-state index is 0.285. The molecule has 0 aromatic rings. The van der Waals surface area contributed by atoms with Gasteiger partial charge in [-0.2, -0.15) is 0 Å². The van der Waals surface area contributed by atoms with Gasteiger partial charge in [0, 0.05) is 13.5 Å². The summed E-state index contributed by atoms with van der Waals surface area (Å²) in [7, 11) is 1.36. The quantitative estimate of drug-likeness (QED) is 0.553. The Bertz CT molecular complexity index is 146.